The fourth-order valence-electron chi connectivity index (χ4n) is 0.383. The zero-order chi connectivity index (χ0) is 7.44. The molecular formula is C5H8O4. The summed E-state index contributed by atoms with van der Waals surface area (Å²) in [4.78, 5) is 9.98. The summed E-state index contributed by atoms with van der Waals surface area (Å²) in [6.07, 6.45) is -0.750. The second kappa shape index (κ2) is 3.21. The molecule has 0 rings (SSSR count). The Morgan fingerprint density at radius 3 is 2.00 bits per heavy atom. The molecule has 0 fully saturated rings. The van der Waals surface area contributed by atoms with Crippen molar-refractivity contribution in [3.63, 3.8) is 0 Å². The van der Waals surface area contributed by atoms with Gasteiger partial charge in [0.15, 0.2) is 6.29 Å². The Morgan fingerprint density at radius 1 is 1.56 bits per heavy atom. The van der Waals surface area contributed by atoms with Gasteiger partial charge in [-0.05, 0) is 6.92 Å². The summed E-state index contributed by atoms with van der Waals surface area (Å²) in [6, 6.07) is 0. The molecule has 0 aliphatic rings. The maximum atomic E-state index is 9.98. The number of aliphatic hydroxyl groups is 2. The lowest BCUT2D eigenvalue weighted by atomic mass is 10.2. The zero-order valence-corrected chi connectivity index (χ0v) is 4.90. The summed E-state index contributed by atoms with van der Waals surface area (Å²) in [5.41, 5.74) is -0.407. The van der Waals surface area contributed by atoms with Crippen molar-refractivity contribution in [3.8, 4) is 0 Å². The van der Waals surface area contributed by atoms with Crippen LogP contribution in [0.2, 0.25) is 0 Å². The second-order valence-electron chi connectivity index (χ2n) is 1.42. The van der Waals surface area contributed by atoms with Gasteiger partial charge in [0.2, 0.25) is 0 Å². The van der Waals surface area contributed by atoms with Crippen LogP contribution in [0.25, 0.3) is 0 Å². The van der Waals surface area contributed by atoms with Crippen LogP contribution in [0, 0.1) is 0 Å². The number of hydrogen-bond acceptors (Lipinski definition) is 3. The molecule has 0 radical (unpaired) electrons. The van der Waals surface area contributed by atoms with Crippen molar-refractivity contribution >= 4 is 5.97 Å². The van der Waals surface area contributed by atoms with Gasteiger partial charge >= 0.3 is 5.97 Å². The SMILES string of the molecule is CC=C(C(=O)O)C(O)O. The highest BCUT2D eigenvalue weighted by atomic mass is 16.5. The van der Waals surface area contributed by atoms with Gasteiger partial charge in [-0.3, -0.25) is 0 Å². The molecule has 0 aliphatic heterocycles. The third-order valence-electron chi connectivity index (χ3n) is 0.836. The lowest BCUT2D eigenvalue weighted by Gasteiger charge is -2.00. The van der Waals surface area contributed by atoms with Crippen molar-refractivity contribution in [1.29, 1.82) is 0 Å². The topological polar surface area (TPSA) is 77.8 Å². The van der Waals surface area contributed by atoms with Gasteiger partial charge in [0.25, 0.3) is 0 Å². The van der Waals surface area contributed by atoms with E-state index in [-0.39, 0.29) is 0 Å². The molecule has 0 aromatic carbocycles. The first-order valence-corrected chi connectivity index (χ1v) is 2.35. The van der Waals surface area contributed by atoms with E-state index >= 15 is 0 Å². The molecule has 0 saturated heterocycles. The maximum Gasteiger partial charge on any atom is 0.336 e. The van der Waals surface area contributed by atoms with Crippen molar-refractivity contribution in [2.24, 2.45) is 0 Å². The van der Waals surface area contributed by atoms with E-state index < -0.39 is 17.8 Å². The Kier molecular flexibility index (Phi) is 2.90. The highest BCUT2D eigenvalue weighted by Crippen LogP contribution is 1.97. The molecule has 4 nitrogen and oxygen atoms in total. The van der Waals surface area contributed by atoms with Gasteiger partial charge in [-0.25, -0.2) is 4.79 Å². The Balaban J connectivity index is 4.19. The van der Waals surface area contributed by atoms with E-state index in [0.717, 1.165) is 6.08 Å². The summed E-state index contributed by atoms with van der Waals surface area (Å²) in [5.74, 6) is -1.31. The maximum absolute atomic E-state index is 9.98. The van der Waals surface area contributed by atoms with Crippen molar-refractivity contribution < 1.29 is 20.1 Å². The first kappa shape index (κ1) is 8.13. The van der Waals surface area contributed by atoms with Crippen molar-refractivity contribution in [2.45, 2.75) is 13.2 Å². The molecule has 0 spiro atoms. The Bertz CT molecular complexity index is 136. The number of aliphatic hydroxyl groups excluding tert-OH is 1. The Morgan fingerprint density at radius 2 is 2.00 bits per heavy atom. The standard InChI is InChI=1S/C5H8O4/c1-2-3(4(6)7)5(8)9/h2,4,6-7H,1H3,(H,8,9). The van der Waals surface area contributed by atoms with Crippen LogP contribution in [-0.4, -0.2) is 27.6 Å². The monoisotopic (exact) mass is 132 g/mol. The number of rotatable bonds is 2. The molecule has 3 N–H and O–H groups in total. The predicted octanol–water partition coefficient (Wildman–Crippen LogP) is -0.672. The lowest BCUT2D eigenvalue weighted by molar-refractivity contribution is -0.136. The van der Waals surface area contributed by atoms with E-state index in [0.29, 0.717) is 0 Å². The third kappa shape index (κ3) is 2.25. The smallest absolute Gasteiger partial charge is 0.336 e. The van der Waals surface area contributed by atoms with Crippen LogP contribution in [0.3, 0.4) is 0 Å². The molecule has 9 heavy (non-hydrogen) atoms. The molecule has 52 valence electrons. The van der Waals surface area contributed by atoms with Gasteiger partial charge in [0.05, 0.1) is 5.57 Å². The molecule has 4 heteroatoms. The average Bonchev–Trinajstić information content (AvgIpc) is 1.64. The van der Waals surface area contributed by atoms with E-state index in [1.165, 1.54) is 6.92 Å². The molecule has 0 amide bonds. The Hall–Kier alpha value is -0.870. The van der Waals surface area contributed by atoms with Crippen LogP contribution in [0.15, 0.2) is 11.6 Å². The van der Waals surface area contributed by atoms with Gasteiger partial charge in [-0.15, -0.1) is 0 Å². The summed E-state index contributed by atoms with van der Waals surface area (Å²) in [7, 11) is 0. The third-order valence-corrected chi connectivity index (χ3v) is 0.836. The van der Waals surface area contributed by atoms with E-state index in [9.17, 15) is 4.79 Å². The molecule has 0 aromatic rings. The van der Waals surface area contributed by atoms with Crippen molar-refractivity contribution in [3.05, 3.63) is 11.6 Å². The quantitative estimate of drug-likeness (QED) is 0.344. The summed E-state index contributed by atoms with van der Waals surface area (Å²) in [6.45, 7) is 1.42. The minimum atomic E-state index is -1.88. The fourth-order valence-corrected chi connectivity index (χ4v) is 0.383. The normalized spacial score (nSPS) is 12.2. The molecule has 0 heterocycles. The van der Waals surface area contributed by atoms with Gasteiger partial charge in [0, 0.05) is 0 Å². The number of aliphatic carboxylic acids is 1. The van der Waals surface area contributed by atoms with Crippen LogP contribution in [0.5, 0.6) is 0 Å². The zero-order valence-electron chi connectivity index (χ0n) is 4.90. The van der Waals surface area contributed by atoms with E-state index in [4.69, 9.17) is 15.3 Å². The molecular weight excluding hydrogens is 124 g/mol. The van der Waals surface area contributed by atoms with Gasteiger partial charge in [-0.2, -0.15) is 0 Å². The molecule has 0 unspecified atom stereocenters. The van der Waals surface area contributed by atoms with Crippen LogP contribution < -0.4 is 0 Å². The van der Waals surface area contributed by atoms with Gasteiger partial charge < -0.3 is 15.3 Å². The predicted molar refractivity (Wildman–Crippen MR) is 29.6 cm³/mol. The summed E-state index contributed by atoms with van der Waals surface area (Å²) in [5, 5.41) is 24.7. The largest absolute Gasteiger partial charge is 0.478 e. The molecule has 0 saturated carbocycles. The fraction of sp³-hybridized carbons (Fsp3) is 0.400. The lowest BCUT2D eigenvalue weighted by Crippen LogP contribution is -2.16. The van der Waals surface area contributed by atoms with E-state index in [2.05, 4.69) is 0 Å². The Labute approximate surface area is 52.1 Å². The van der Waals surface area contributed by atoms with E-state index in [1.807, 2.05) is 0 Å². The number of hydrogen-bond donors (Lipinski definition) is 3. The first-order chi connectivity index (χ1) is 4.09. The van der Waals surface area contributed by atoms with Crippen LogP contribution in [0.1, 0.15) is 6.92 Å². The number of carbonyl (C=O) groups is 1. The second-order valence-corrected chi connectivity index (χ2v) is 1.42. The minimum Gasteiger partial charge on any atom is -0.478 e. The van der Waals surface area contributed by atoms with Crippen LogP contribution in [-0.2, 0) is 4.79 Å². The van der Waals surface area contributed by atoms with Crippen LogP contribution in [0.4, 0.5) is 0 Å². The molecule has 0 bridgehead atoms. The molecule has 0 atom stereocenters. The molecule has 0 aromatic heterocycles. The summed E-state index contributed by atoms with van der Waals surface area (Å²) >= 11 is 0. The average molecular weight is 132 g/mol. The highest BCUT2D eigenvalue weighted by Gasteiger charge is 2.12. The van der Waals surface area contributed by atoms with E-state index in [1.54, 1.807) is 0 Å². The van der Waals surface area contributed by atoms with Crippen molar-refractivity contribution in [1.82, 2.24) is 0 Å². The highest BCUT2D eigenvalue weighted by molar-refractivity contribution is 5.87. The first-order valence-electron chi connectivity index (χ1n) is 2.35. The number of allylic oxidation sites excluding steroid dienone is 1. The number of carboxylic acids is 1. The van der Waals surface area contributed by atoms with Gasteiger partial charge in [-0.1, -0.05) is 6.08 Å². The van der Waals surface area contributed by atoms with Crippen LogP contribution >= 0.6 is 0 Å². The minimum absolute atomic E-state index is 0.407. The van der Waals surface area contributed by atoms with Gasteiger partial charge in [0.1, 0.15) is 0 Å². The molecule has 0 aliphatic carbocycles. The summed E-state index contributed by atoms with van der Waals surface area (Å²) < 4.78 is 0. The number of carboxylic acid groups (broad SMARTS) is 1. The van der Waals surface area contributed by atoms with Crippen molar-refractivity contribution in [2.75, 3.05) is 0 Å².